The van der Waals surface area contributed by atoms with Crippen LogP contribution in [0.2, 0.25) is 0 Å². The Hall–Kier alpha value is -1.10. The van der Waals surface area contributed by atoms with Crippen molar-refractivity contribution in [2.24, 2.45) is 5.73 Å². The average molecular weight is 239 g/mol. The lowest BCUT2D eigenvalue weighted by molar-refractivity contribution is 0.167. The number of nitrogens with two attached hydrogens (primary N) is 1. The first-order valence-corrected chi connectivity index (χ1v) is 5.87. The van der Waals surface area contributed by atoms with Crippen LogP contribution in [0.15, 0.2) is 24.3 Å². The molecule has 0 saturated carbocycles. The molecule has 96 valence electrons. The molecule has 1 rings (SSSR count). The molecule has 0 bridgehead atoms. The van der Waals surface area contributed by atoms with Gasteiger partial charge in [0.2, 0.25) is 0 Å². The van der Waals surface area contributed by atoms with Gasteiger partial charge < -0.3 is 20.3 Å². The minimum Gasteiger partial charge on any atom is -0.493 e. The lowest BCUT2D eigenvalue weighted by Crippen LogP contribution is -2.07. The summed E-state index contributed by atoms with van der Waals surface area (Å²) in [6, 6.07) is 7.49. The molecule has 0 spiro atoms. The van der Waals surface area contributed by atoms with Crippen LogP contribution in [0.5, 0.6) is 5.75 Å². The number of aliphatic hydroxyl groups is 1. The number of methoxy groups -OCH3 is 1. The Morgan fingerprint density at radius 2 is 2.18 bits per heavy atom. The maximum absolute atomic E-state index is 9.80. The highest BCUT2D eigenvalue weighted by atomic mass is 16.5. The summed E-state index contributed by atoms with van der Waals surface area (Å²) < 4.78 is 10.5. The molecule has 17 heavy (non-hydrogen) atoms. The van der Waals surface area contributed by atoms with E-state index in [1.807, 2.05) is 24.3 Å². The quantitative estimate of drug-likeness (QED) is 0.674. The molecular weight excluding hydrogens is 218 g/mol. The second-order valence-electron chi connectivity index (χ2n) is 3.86. The topological polar surface area (TPSA) is 64.7 Å². The van der Waals surface area contributed by atoms with Gasteiger partial charge in [-0.25, -0.2) is 0 Å². The van der Waals surface area contributed by atoms with Crippen molar-refractivity contribution in [2.45, 2.75) is 18.9 Å². The second kappa shape index (κ2) is 8.06. The van der Waals surface area contributed by atoms with Gasteiger partial charge in [0.25, 0.3) is 0 Å². The van der Waals surface area contributed by atoms with Crippen LogP contribution in [0.4, 0.5) is 0 Å². The van der Waals surface area contributed by atoms with Crippen LogP contribution in [0.3, 0.4) is 0 Å². The standard InChI is InChI=1S/C13H21NO3/c1-16-8-3-9-17-12-5-2-4-11(10-12)13(15)6-7-14/h2,4-5,10,13,15H,3,6-9,14H2,1H3/t13-/m1/s1. The largest absolute Gasteiger partial charge is 0.493 e. The van der Waals surface area contributed by atoms with Gasteiger partial charge in [0, 0.05) is 20.1 Å². The third-order valence-electron chi connectivity index (χ3n) is 2.44. The molecular formula is C13H21NO3. The highest BCUT2D eigenvalue weighted by Crippen LogP contribution is 2.21. The van der Waals surface area contributed by atoms with Crippen LogP contribution >= 0.6 is 0 Å². The summed E-state index contributed by atoms with van der Waals surface area (Å²) in [5, 5.41) is 9.80. The van der Waals surface area contributed by atoms with Crippen molar-refractivity contribution in [3.8, 4) is 5.75 Å². The predicted octanol–water partition coefficient (Wildman–Crippen LogP) is 1.48. The van der Waals surface area contributed by atoms with E-state index in [1.165, 1.54) is 0 Å². The smallest absolute Gasteiger partial charge is 0.119 e. The van der Waals surface area contributed by atoms with Crippen LogP contribution < -0.4 is 10.5 Å². The van der Waals surface area contributed by atoms with E-state index >= 15 is 0 Å². The molecule has 0 heterocycles. The molecule has 4 heteroatoms. The molecule has 0 saturated heterocycles. The monoisotopic (exact) mass is 239 g/mol. The van der Waals surface area contributed by atoms with Gasteiger partial charge in [-0.05, 0) is 30.7 Å². The van der Waals surface area contributed by atoms with Crippen molar-refractivity contribution in [2.75, 3.05) is 26.9 Å². The van der Waals surface area contributed by atoms with Gasteiger partial charge in [0.05, 0.1) is 12.7 Å². The van der Waals surface area contributed by atoms with Crippen LogP contribution in [-0.4, -0.2) is 32.0 Å². The molecule has 1 atom stereocenters. The maximum Gasteiger partial charge on any atom is 0.119 e. The molecule has 0 fully saturated rings. The molecule has 1 aromatic rings. The molecule has 0 aliphatic heterocycles. The SMILES string of the molecule is COCCCOc1cccc([C@H](O)CCN)c1. The third-order valence-corrected chi connectivity index (χ3v) is 2.44. The number of hydrogen-bond donors (Lipinski definition) is 2. The number of benzene rings is 1. The normalized spacial score (nSPS) is 12.4. The molecule has 0 radical (unpaired) electrons. The first kappa shape index (κ1) is 14.0. The second-order valence-corrected chi connectivity index (χ2v) is 3.86. The molecule has 0 aliphatic rings. The van der Waals surface area contributed by atoms with Gasteiger partial charge in [-0.1, -0.05) is 12.1 Å². The van der Waals surface area contributed by atoms with Crippen LogP contribution in [-0.2, 0) is 4.74 Å². The zero-order valence-corrected chi connectivity index (χ0v) is 10.3. The van der Waals surface area contributed by atoms with Crippen molar-refractivity contribution < 1.29 is 14.6 Å². The van der Waals surface area contributed by atoms with E-state index in [2.05, 4.69) is 0 Å². The lowest BCUT2D eigenvalue weighted by Gasteiger charge is -2.12. The number of hydrogen-bond acceptors (Lipinski definition) is 4. The zero-order valence-electron chi connectivity index (χ0n) is 10.3. The van der Waals surface area contributed by atoms with E-state index in [9.17, 15) is 5.11 Å². The summed E-state index contributed by atoms with van der Waals surface area (Å²) in [5.41, 5.74) is 6.26. The minimum absolute atomic E-state index is 0.472. The van der Waals surface area contributed by atoms with Gasteiger partial charge in [0.1, 0.15) is 5.75 Å². The van der Waals surface area contributed by atoms with Crippen LogP contribution in [0, 0.1) is 0 Å². The van der Waals surface area contributed by atoms with E-state index < -0.39 is 6.10 Å². The van der Waals surface area contributed by atoms with E-state index in [-0.39, 0.29) is 0 Å². The molecule has 4 nitrogen and oxygen atoms in total. The molecule has 1 aromatic carbocycles. The van der Waals surface area contributed by atoms with E-state index in [0.29, 0.717) is 26.2 Å². The van der Waals surface area contributed by atoms with Crippen molar-refractivity contribution in [3.63, 3.8) is 0 Å². The maximum atomic E-state index is 9.80. The van der Waals surface area contributed by atoms with E-state index in [1.54, 1.807) is 7.11 Å². The van der Waals surface area contributed by atoms with Crippen molar-refractivity contribution in [1.29, 1.82) is 0 Å². The highest BCUT2D eigenvalue weighted by molar-refractivity contribution is 5.29. The fourth-order valence-electron chi connectivity index (χ4n) is 1.53. The summed E-state index contributed by atoms with van der Waals surface area (Å²) in [5.74, 6) is 0.773. The van der Waals surface area contributed by atoms with Gasteiger partial charge in [-0.2, -0.15) is 0 Å². The Morgan fingerprint density at radius 3 is 2.88 bits per heavy atom. The molecule has 0 aromatic heterocycles. The minimum atomic E-state index is -0.512. The van der Waals surface area contributed by atoms with Gasteiger partial charge in [0.15, 0.2) is 0 Å². The molecule has 3 N–H and O–H groups in total. The van der Waals surface area contributed by atoms with Gasteiger partial charge >= 0.3 is 0 Å². The summed E-state index contributed by atoms with van der Waals surface area (Å²) in [6.45, 7) is 1.78. The first-order chi connectivity index (χ1) is 8.27. The summed E-state index contributed by atoms with van der Waals surface area (Å²) in [4.78, 5) is 0. The fraction of sp³-hybridized carbons (Fsp3) is 0.538. The lowest BCUT2D eigenvalue weighted by atomic mass is 10.1. The van der Waals surface area contributed by atoms with E-state index in [0.717, 1.165) is 17.7 Å². The van der Waals surface area contributed by atoms with Gasteiger partial charge in [-0.15, -0.1) is 0 Å². The van der Waals surface area contributed by atoms with Crippen molar-refractivity contribution in [3.05, 3.63) is 29.8 Å². The van der Waals surface area contributed by atoms with Gasteiger partial charge in [-0.3, -0.25) is 0 Å². The zero-order chi connectivity index (χ0) is 12.5. The first-order valence-electron chi connectivity index (χ1n) is 5.87. The number of rotatable bonds is 8. The summed E-state index contributed by atoms with van der Waals surface area (Å²) in [7, 11) is 1.67. The highest BCUT2D eigenvalue weighted by Gasteiger charge is 2.07. The summed E-state index contributed by atoms with van der Waals surface area (Å²) in [6.07, 6.45) is 0.904. The fourth-order valence-corrected chi connectivity index (χ4v) is 1.53. The Balaban J connectivity index is 2.47. The summed E-state index contributed by atoms with van der Waals surface area (Å²) >= 11 is 0. The Labute approximate surface area is 102 Å². The predicted molar refractivity (Wildman–Crippen MR) is 67.1 cm³/mol. The Morgan fingerprint density at radius 1 is 1.35 bits per heavy atom. The number of aliphatic hydroxyl groups excluding tert-OH is 1. The van der Waals surface area contributed by atoms with Crippen molar-refractivity contribution >= 4 is 0 Å². The molecule has 0 unspecified atom stereocenters. The van der Waals surface area contributed by atoms with Crippen molar-refractivity contribution in [1.82, 2.24) is 0 Å². The Bertz CT molecular complexity index is 317. The Kier molecular flexibility index (Phi) is 6.62. The van der Waals surface area contributed by atoms with Crippen LogP contribution in [0.1, 0.15) is 24.5 Å². The number of ether oxygens (including phenoxy) is 2. The third kappa shape index (κ3) is 5.17. The van der Waals surface area contributed by atoms with Crippen LogP contribution in [0.25, 0.3) is 0 Å². The molecule has 0 amide bonds. The molecule has 0 aliphatic carbocycles. The van der Waals surface area contributed by atoms with E-state index in [4.69, 9.17) is 15.2 Å². The average Bonchev–Trinajstić information content (AvgIpc) is 2.35.